The number of carbonyl (C=O) groups excluding carboxylic acids is 2. The number of imidazole rings is 1. The van der Waals surface area contributed by atoms with Crippen molar-refractivity contribution in [3.63, 3.8) is 0 Å². The minimum absolute atomic E-state index is 0.192. The molecule has 2 aromatic rings. The number of aryl methyl sites for hydroxylation is 1. The third kappa shape index (κ3) is 5.03. The van der Waals surface area contributed by atoms with Gasteiger partial charge in [-0.3, -0.25) is 9.59 Å². The maximum atomic E-state index is 13.0. The molecule has 2 N–H and O–H groups in total. The standard InChI is InChI=1S/C22H31N5O2/c1-4-16-10-5-6-11-17(16)24-22(29)20-25-19(18-12-7-8-15-27(18)20)21(28)23-13-9-14-26(2)3/h5-6,10-11H,4,7-9,12-15H2,1-3H3,(H,23,28)(H,24,29). The summed E-state index contributed by atoms with van der Waals surface area (Å²) in [4.78, 5) is 32.3. The molecule has 0 aliphatic carbocycles. The van der Waals surface area contributed by atoms with Gasteiger partial charge >= 0.3 is 0 Å². The SMILES string of the molecule is CCc1ccccc1NC(=O)c1nc(C(=O)NCCCN(C)C)c2n1CCCC2. The molecule has 2 heterocycles. The summed E-state index contributed by atoms with van der Waals surface area (Å²) >= 11 is 0. The fraction of sp³-hybridized carbons (Fsp3) is 0.500. The highest BCUT2D eigenvalue weighted by Crippen LogP contribution is 2.23. The molecule has 7 heteroatoms. The predicted molar refractivity (Wildman–Crippen MR) is 114 cm³/mol. The molecule has 7 nitrogen and oxygen atoms in total. The first-order chi connectivity index (χ1) is 14.0. The molecule has 0 fully saturated rings. The number of rotatable bonds is 8. The predicted octanol–water partition coefficient (Wildman–Crippen LogP) is 2.72. The van der Waals surface area contributed by atoms with Gasteiger partial charge in [-0.2, -0.15) is 0 Å². The van der Waals surface area contributed by atoms with Gasteiger partial charge in [-0.25, -0.2) is 4.98 Å². The molecule has 3 rings (SSSR count). The summed E-state index contributed by atoms with van der Waals surface area (Å²) in [6.45, 7) is 4.27. The second kappa shape index (κ2) is 9.69. The van der Waals surface area contributed by atoms with Crippen LogP contribution in [-0.2, 0) is 19.4 Å². The number of anilines is 1. The van der Waals surface area contributed by atoms with Crippen LogP contribution in [0.15, 0.2) is 24.3 Å². The molecule has 2 amide bonds. The number of aromatic nitrogens is 2. The van der Waals surface area contributed by atoms with Crippen molar-refractivity contribution in [1.82, 2.24) is 19.8 Å². The van der Waals surface area contributed by atoms with Crippen LogP contribution in [0.4, 0.5) is 5.69 Å². The lowest BCUT2D eigenvalue weighted by Crippen LogP contribution is -2.28. The van der Waals surface area contributed by atoms with Gasteiger partial charge in [0.15, 0.2) is 5.82 Å². The van der Waals surface area contributed by atoms with Gasteiger partial charge in [0.25, 0.3) is 11.8 Å². The second-order valence-electron chi connectivity index (χ2n) is 7.72. The van der Waals surface area contributed by atoms with Crippen molar-refractivity contribution in [2.45, 2.75) is 45.6 Å². The van der Waals surface area contributed by atoms with Gasteiger partial charge < -0.3 is 20.1 Å². The Morgan fingerprint density at radius 1 is 1.17 bits per heavy atom. The third-order valence-electron chi connectivity index (χ3n) is 5.25. The summed E-state index contributed by atoms with van der Waals surface area (Å²) in [6.07, 6.45) is 4.46. The van der Waals surface area contributed by atoms with Gasteiger partial charge in [-0.15, -0.1) is 0 Å². The zero-order chi connectivity index (χ0) is 20.8. The van der Waals surface area contributed by atoms with Gasteiger partial charge in [0.1, 0.15) is 5.69 Å². The molecule has 156 valence electrons. The molecule has 0 atom stereocenters. The molecule has 0 unspecified atom stereocenters. The number of hydrogen-bond donors (Lipinski definition) is 2. The highest BCUT2D eigenvalue weighted by Gasteiger charge is 2.27. The third-order valence-corrected chi connectivity index (χ3v) is 5.25. The van der Waals surface area contributed by atoms with E-state index in [1.54, 1.807) is 0 Å². The minimum Gasteiger partial charge on any atom is -0.351 e. The van der Waals surface area contributed by atoms with Crippen LogP contribution in [0, 0.1) is 0 Å². The zero-order valence-corrected chi connectivity index (χ0v) is 17.6. The van der Waals surface area contributed by atoms with E-state index in [0.717, 1.165) is 55.6 Å². The van der Waals surface area contributed by atoms with E-state index in [4.69, 9.17) is 0 Å². The average Bonchev–Trinajstić information content (AvgIpc) is 3.11. The summed E-state index contributed by atoms with van der Waals surface area (Å²) in [6, 6.07) is 7.77. The molecule has 0 saturated carbocycles. The summed E-state index contributed by atoms with van der Waals surface area (Å²) in [5, 5.41) is 5.94. The largest absolute Gasteiger partial charge is 0.351 e. The van der Waals surface area contributed by atoms with Crippen LogP contribution in [0.25, 0.3) is 0 Å². The molecule has 0 saturated heterocycles. The van der Waals surface area contributed by atoms with E-state index < -0.39 is 0 Å². The van der Waals surface area contributed by atoms with E-state index in [2.05, 4.69) is 27.4 Å². The van der Waals surface area contributed by atoms with Gasteiger partial charge in [-0.05, 0) is 64.4 Å². The van der Waals surface area contributed by atoms with Gasteiger partial charge in [0.05, 0.1) is 5.69 Å². The van der Waals surface area contributed by atoms with E-state index in [-0.39, 0.29) is 11.8 Å². The molecule has 1 aliphatic heterocycles. The molecule has 0 radical (unpaired) electrons. The summed E-state index contributed by atoms with van der Waals surface area (Å²) < 4.78 is 1.92. The van der Waals surface area contributed by atoms with Crippen LogP contribution in [0.5, 0.6) is 0 Å². The fourth-order valence-electron chi connectivity index (χ4n) is 3.71. The molecular formula is C22H31N5O2. The number of carbonyl (C=O) groups is 2. The van der Waals surface area contributed by atoms with Crippen molar-refractivity contribution in [2.75, 3.05) is 32.5 Å². The van der Waals surface area contributed by atoms with Gasteiger partial charge in [0.2, 0.25) is 0 Å². The molecule has 1 aliphatic rings. The minimum atomic E-state index is -0.263. The monoisotopic (exact) mass is 397 g/mol. The average molecular weight is 398 g/mol. The number of hydrogen-bond acceptors (Lipinski definition) is 4. The highest BCUT2D eigenvalue weighted by molar-refractivity contribution is 6.04. The number of fused-ring (bicyclic) bond motifs is 1. The Labute approximate surface area is 172 Å². The van der Waals surface area contributed by atoms with Crippen molar-refractivity contribution >= 4 is 17.5 Å². The van der Waals surface area contributed by atoms with E-state index in [1.165, 1.54) is 0 Å². The number of nitrogens with one attached hydrogen (secondary N) is 2. The molecule has 1 aromatic heterocycles. The van der Waals surface area contributed by atoms with E-state index >= 15 is 0 Å². The summed E-state index contributed by atoms with van der Waals surface area (Å²) in [5.74, 6) is -0.132. The van der Waals surface area contributed by atoms with E-state index in [1.807, 2.05) is 42.9 Å². The Bertz CT molecular complexity index is 872. The quantitative estimate of drug-likeness (QED) is 0.672. The highest BCUT2D eigenvalue weighted by atomic mass is 16.2. The van der Waals surface area contributed by atoms with Crippen LogP contribution in [0.1, 0.15) is 58.6 Å². The summed E-state index contributed by atoms with van der Waals surface area (Å²) in [7, 11) is 4.02. The lowest BCUT2D eigenvalue weighted by Gasteiger charge is -2.17. The van der Waals surface area contributed by atoms with E-state index in [9.17, 15) is 9.59 Å². The van der Waals surface area contributed by atoms with Crippen molar-refractivity contribution in [2.24, 2.45) is 0 Å². The molecule has 0 bridgehead atoms. The molecule has 0 spiro atoms. The van der Waals surface area contributed by atoms with Gasteiger partial charge in [-0.1, -0.05) is 25.1 Å². The van der Waals surface area contributed by atoms with Crippen LogP contribution < -0.4 is 10.6 Å². The van der Waals surface area contributed by atoms with E-state index in [0.29, 0.717) is 24.6 Å². The van der Waals surface area contributed by atoms with Crippen LogP contribution >= 0.6 is 0 Å². The zero-order valence-electron chi connectivity index (χ0n) is 17.6. The Morgan fingerprint density at radius 2 is 1.97 bits per heavy atom. The maximum Gasteiger partial charge on any atom is 0.291 e. The number of para-hydroxylation sites is 1. The lowest BCUT2D eigenvalue weighted by molar-refractivity contribution is 0.0946. The first kappa shape index (κ1) is 21.0. The Kier molecular flexibility index (Phi) is 7.04. The lowest BCUT2D eigenvalue weighted by atomic mass is 10.1. The molecule has 1 aromatic carbocycles. The maximum absolute atomic E-state index is 13.0. The fourth-order valence-corrected chi connectivity index (χ4v) is 3.71. The van der Waals surface area contributed by atoms with Crippen molar-refractivity contribution in [3.05, 3.63) is 47.0 Å². The van der Waals surface area contributed by atoms with Gasteiger partial charge in [0, 0.05) is 18.8 Å². The first-order valence-electron chi connectivity index (χ1n) is 10.4. The van der Waals surface area contributed by atoms with Crippen molar-refractivity contribution < 1.29 is 9.59 Å². The number of benzene rings is 1. The first-order valence-corrected chi connectivity index (χ1v) is 10.4. The second-order valence-corrected chi connectivity index (χ2v) is 7.72. The normalized spacial score (nSPS) is 13.2. The van der Waals surface area contributed by atoms with Crippen LogP contribution in [0.2, 0.25) is 0 Å². The topological polar surface area (TPSA) is 79.3 Å². The number of nitrogens with zero attached hydrogens (tertiary/aromatic N) is 3. The van der Waals surface area contributed by atoms with Crippen molar-refractivity contribution in [1.29, 1.82) is 0 Å². The molecule has 29 heavy (non-hydrogen) atoms. The Balaban J connectivity index is 1.79. The smallest absolute Gasteiger partial charge is 0.291 e. The number of amides is 2. The Hall–Kier alpha value is -2.67. The van der Waals surface area contributed by atoms with Crippen LogP contribution in [-0.4, -0.2) is 53.5 Å². The van der Waals surface area contributed by atoms with Crippen molar-refractivity contribution in [3.8, 4) is 0 Å². The summed E-state index contributed by atoms with van der Waals surface area (Å²) in [5.41, 5.74) is 3.13. The Morgan fingerprint density at radius 3 is 2.72 bits per heavy atom. The van der Waals surface area contributed by atoms with Crippen LogP contribution in [0.3, 0.4) is 0 Å². The molecular weight excluding hydrogens is 366 g/mol.